The molecular formula is C13H22N2S. The van der Waals surface area contributed by atoms with Gasteiger partial charge in [-0.05, 0) is 31.2 Å². The monoisotopic (exact) mass is 238 g/mol. The molecule has 1 aromatic rings. The molecule has 1 N–H and O–H groups in total. The molecule has 2 unspecified atom stereocenters. The minimum atomic E-state index is 0.645. The fourth-order valence-electron chi connectivity index (χ4n) is 2.42. The van der Waals surface area contributed by atoms with E-state index >= 15 is 0 Å². The molecule has 1 fully saturated rings. The summed E-state index contributed by atoms with van der Waals surface area (Å²) < 4.78 is 0. The van der Waals surface area contributed by atoms with E-state index in [1.165, 1.54) is 30.8 Å². The lowest BCUT2D eigenvalue weighted by molar-refractivity contribution is 0.133. The van der Waals surface area contributed by atoms with Gasteiger partial charge in [0.1, 0.15) is 0 Å². The zero-order valence-corrected chi connectivity index (χ0v) is 11.1. The second kappa shape index (κ2) is 5.80. The van der Waals surface area contributed by atoms with E-state index in [0.29, 0.717) is 6.04 Å². The highest BCUT2D eigenvalue weighted by Crippen LogP contribution is 2.14. The first-order valence-corrected chi connectivity index (χ1v) is 7.17. The summed E-state index contributed by atoms with van der Waals surface area (Å²) in [6.07, 6.45) is 2.46. The van der Waals surface area contributed by atoms with Crippen molar-refractivity contribution in [2.45, 2.75) is 38.8 Å². The molecule has 1 aliphatic heterocycles. The Morgan fingerprint density at radius 2 is 2.44 bits per heavy atom. The third-order valence-corrected chi connectivity index (χ3v) is 4.36. The van der Waals surface area contributed by atoms with Crippen molar-refractivity contribution in [3.05, 3.63) is 22.4 Å². The molecule has 3 heteroatoms. The quantitative estimate of drug-likeness (QED) is 0.866. The molecule has 1 saturated heterocycles. The minimum Gasteiger partial charge on any atom is -0.311 e. The van der Waals surface area contributed by atoms with Gasteiger partial charge in [0, 0.05) is 36.6 Å². The van der Waals surface area contributed by atoms with Gasteiger partial charge in [0.25, 0.3) is 0 Å². The van der Waals surface area contributed by atoms with E-state index in [1.54, 1.807) is 0 Å². The average Bonchev–Trinajstić information content (AvgIpc) is 2.79. The minimum absolute atomic E-state index is 0.645. The Kier molecular flexibility index (Phi) is 4.38. The molecule has 90 valence electrons. The van der Waals surface area contributed by atoms with Gasteiger partial charge in [-0.3, -0.25) is 4.90 Å². The topological polar surface area (TPSA) is 15.3 Å². The smallest absolute Gasteiger partial charge is 0.0218 e. The predicted octanol–water partition coefficient (Wildman–Crippen LogP) is 2.36. The van der Waals surface area contributed by atoms with Crippen LogP contribution < -0.4 is 5.32 Å². The fraction of sp³-hybridized carbons (Fsp3) is 0.692. The number of nitrogens with one attached hydrogen (secondary N) is 1. The zero-order chi connectivity index (χ0) is 11.4. The lowest BCUT2D eigenvalue weighted by atomic mass is 10.1. The SMILES string of the molecule is CCC1CNC(C)CN1CCc1cccs1. The Bertz CT molecular complexity index is 297. The Morgan fingerprint density at radius 1 is 1.56 bits per heavy atom. The summed E-state index contributed by atoms with van der Waals surface area (Å²) in [6, 6.07) is 5.77. The molecule has 0 amide bonds. The average molecular weight is 238 g/mol. The maximum Gasteiger partial charge on any atom is 0.0218 e. The van der Waals surface area contributed by atoms with Crippen LogP contribution in [0.5, 0.6) is 0 Å². The molecule has 0 aromatic carbocycles. The first kappa shape index (κ1) is 12.1. The summed E-state index contributed by atoms with van der Waals surface area (Å²) >= 11 is 1.88. The van der Waals surface area contributed by atoms with Gasteiger partial charge in [0.15, 0.2) is 0 Å². The van der Waals surface area contributed by atoms with E-state index in [4.69, 9.17) is 0 Å². The van der Waals surface area contributed by atoms with E-state index in [0.717, 1.165) is 12.6 Å². The third-order valence-electron chi connectivity index (χ3n) is 3.42. The maximum absolute atomic E-state index is 3.57. The Labute approximate surface area is 103 Å². The van der Waals surface area contributed by atoms with E-state index in [2.05, 4.69) is 41.6 Å². The summed E-state index contributed by atoms with van der Waals surface area (Å²) in [5, 5.41) is 5.74. The highest BCUT2D eigenvalue weighted by Gasteiger charge is 2.23. The second-order valence-corrected chi connectivity index (χ2v) is 5.73. The Morgan fingerprint density at radius 3 is 3.12 bits per heavy atom. The lowest BCUT2D eigenvalue weighted by Gasteiger charge is -2.39. The van der Waals surface area contributed by atoms with E-state index in [1.807, 2.05) is 11.3 Å². The molecule has 2 atom stereocenters. The van der Waals surface area contributed by atoms with Gasteiger partial charge >= 0.3 is 0 Å². The van der Waals surface area contributed by atoms with Crippen LogP contribution in [0.4, 0.5) is 0 Å². The number of hydrogen-bond donors (Lipinski definition) is 1. The van der Waals surface area contributed by atoms with Gasteiger partial charge < -0.3 is 5.32 Å². The number of nitrogens with zero attached hydrogens (tertiary/aromatic N) is 1. The van der Waals surface area contributed by atoms with Crippen molar-refractivity contribution in [3.63, 3.8) is 0 Å². The molecule has 0 bridgehead atoms. The van der Waals surface area contributed by atoms with Gasteiger partial charge in [-0.25, -0.2) is 0 Å². The van der Waals surface area contributed by atoms with Crippen molar-refractivity contribution < 1.29 is 0 Å². The molecule has 0 aliphatic carbocycles. The summed E-state index contributed by atoms with van der Waals surface area (Å²) in [5.74, 6) is 0. The molecule has 2 heterocycles. The van der Waals surface area contributed by atoms with Crippen LogP contribution in [0.15, 0.2) is 17.5 Å². The normalized spacial score (nSPS) is 27.1. The molecule has 0 spiro atoms. The number of hydrogen-bond acceptors (Lipinski definition) is 3. The molecule has 1 aromatic heterocycles. The van der Waals surface area contributed by atoms with Gasteiger partial charge in [-0.2, -0.15) is 0 Å². The van der Waals surface area contributed by atoms with Gasteiger partial charge in [-0.1, -0.05) is 13.0 Å². The van der Waals surface area contributed by atoms with Gasteiger partial charge in [-0.15, -0.1) is 11.3 Å². The summed E-state index contributed by atoms with van der Waals surface area (Å²) in [5.41, 5.74) is 0. The lowest BCUT2D eigenvalue weighted by Crippen LogP contribution is -2.55. The number of thiophene rings is 1. The highest BCUT2D eigenvalue weighted by atomic mass is 32.1. The first-order valence-electron chi connectivity index (χ1n) is 6.29. The van der Waals surface area contributed by atoms with Crippen LogP contribution in [0, 0.1) is 0 Å². The predicted molar refractivity (Wildman–Crippen MR) is 71.1 cm³/mol. The van der Waals surface area contributed by atoms with Crippen LogP contribution in [-0.2, 0) is 6.42 Å². The number of piperazine rings is 1. The Balaban J connectivity index is 1.85. The summed E-state index contributed by atoms with van der Waals surface area (Å²) in [6.45, 7) is 8.14. The molecule has 2 rings (SSSR count). The van der Waals surface area contributed by atoms with Crippen LogP contribution >= 0.6 is 11.3 Å². The van der Waals surface area contributed by atoms with Crippen molar-refractivity contribution >= 4 is 11.3 Å². The zero-order valence-electron chi connectivity index (χ0n) is 10.3. The summed E-state index contributed by atoms with van der Waals surface area (Å²) in [4.78, 5) is 4.17. The van der Waals surface area contributed by atoms with E-state index < -0.39 is 0 Å². The van der Waals surface area contributed by atoms with E-state index in [-0.39, 0.29) is 0 Å². The second-order valence-electron chi connectivity index (χ2n) is 4.70. The van der Waals surface area contributed by atoms with Crippen molar-refractivity contribution in [2.75, 3.05) is 19.6 Å². The molecule has 1 aliphatic rings. The third kappa shape index (κ3) is 3.06. The largest absolute Gasteiger partial charge is 0.311 e. The molecular weight excluding hydrogens is 216 g/mol. The van der Waals surface area contributed by atoms with Crippen LogP contribution in [-0.4, -0.2) is 36.6 Å². The van der Waals surface area contributed by atoms with Crippen molar-refractivity contribution in [2.24, 2.45) is 0 Å². The van der Waals surface area contributed by atoms with E-state index in [9.17, 15) is 0 Å². The van der Waals surface area contributed by atoms with Crippen LogP contribution in [0.25, 0.3) is 0 Å². The summed E-state index contributed by atoms with van der Waals surface area (Å²) in [7, 11) is 0. The maximum atomic E-state index is 3.57. The first-order chi connectivity index (χ1) is 7.79. The molecule has 16 heavy (non-hydrogen) atoms. The van der Waals surface area contributed by atoms with Crippen LogP contribution in [0.3, 0.4) is 0 Å². The Hall–Kier alpha value is -0.380. The molecule has 2 nitrogen and oxygen atoms in total. The molecule has 0 radical (unpaired) electrons. The van der Waals surface area contributed by atoms with Crippen LogP contribution in [0.1, 0.15) is 25.1 Å². The number of rotatable bonds is 4. The van der Waals surface area contributed by atoms with Crippen LogP contribution in [0.2, 0.25) is 0 Å². The van der Waals surface area contributed by atoms with Crippen molar-refractivity contribution in [3.8, 4) is 0 Å². The highest BCUT2D eigenvalue weighted by molar-refractivity contribution is 7.09. The molecule has 0 saturated carbocycles. The fourth-order valence-corrected chi connectivity index (χ4v) is 3.11. The van der Waals surface area contributed by atoms with Crippen molar-refractivity contribution in [1.29, 1.82) is 0 Å². The van der Waals surface area contributed by atoms with Gasteiger partial charge in [0.2, 0.25) is 0 Å². The standard InChI is InChI=1S/C13H22N2S/c1-3-12-9-14-11(2)10-15(12)7-6-13-5-4-8-16-13/h4-5,8,11-12,14H,3,6-7,9-10H2,1-2H3. The van der Waals surface area contributed by atoms with Gasteiger partial charge in [0.05, 0.1) is 0 Å². The van der Waals surface area contributed by atoms with Crippen molar-refractivity contribution in [1.82, 2.24) is 10.2 Å².